The molecule has 0 atom stereocenters. The van der Waals surface area contributed by atoms with Crippen LogP contribution in [0.3, 0.4) is 0 Å². The molecule has 0 bridgehead atoms. The van der Waals surface area contributed by atoms with E-state index in [1.165, 1.54) is 0 Å². The molecule has 0 radical (unpaired) electrons. The molecule has 2 aromatic heterocycles. The lowest BCUT2D eigenvalue weighted by atomic mass is 9.91. The number of benzene rings is 3. The standard InChI is InChI=1S/C34H33NO8/c1-17(2)41-28-11-19-9-10-35-32(21(19)13-25(28)37-5)30(20-7-8-23-27(12-20)40-16-39-23)31-22-14-26(38-6)29(42-18(3)4)15-24(22)43-34(36)33(31)35/h7-8,11-15,17-18H,9-10,16H2,1-6H3. The summed E-state index contributed by atoms with van der Waals surface area (Å²) in [5.74, 6) is 3.70. The van der Waals surface area contributed by atoms with E-state index in [2.05, 4.69) is 10.6 Å². The van der Waals surface area contributed by atoms with Crippen molar-refractivity contribution in [2.24, 2.45) is 0 Å². The van der Waals surface area contributed by atoms with Crippen molar-refractivity contribution in [3.63, 3.8) is 0 Å². The average Bonchev–Trinajstić information content (AvgIpc) is 3.58. The number of aryl methyl sites for hydroxylation is 2. The van der Waals surface area contributed by atoms with E-state index in [4.69, 9.17) is 32.8 Å². The van der Waals surface area contributed by atoms with Crippen molar-refractivity contribution in [1.29, 1.82) is 0 Å². The lowest BCUT2D eigenvalue weighted by Crippen LogP contribution is -2.15. The van der Waals surface area contributed by atoms with Crippen molar-refractivity contribution < 1.29 is 32.8 Å². The third-order valence-electron chi connectivity index (χ3n) is 7.83. The second kappa shape index (κ2) is 10.2. The van der Waals surface area contributed by atoms with Gasteiger partial charge in [-0.1, -0.05) is 6.07 Å². The fourth-order valence-corrected chi connectivity index (χ4v) is 6.17. The molecule has 43 heavy (non-hydrogen) atoms. The highest BCUT2D eigenvalue weighted by Crippen LogP contribution is 2.50. The van der Waals surface area contributed by atoms with Crippen molar-refractivity contribution >= 4 is 21.9 Å². The molecule has 5 aromatic rings. The van der Waals surface area contributed by atoms with E-state index >= 15 is 0 Å². The topological polar surface area (TPSA) is 90.5 Å². The Kier molecular flexibility index (Phi) is 6.41. The molecular formula is C34H33NO8. The van der Waals surface area contributed by atoms with Crippen LogP contribution < -0.4 is 34.0 Å². The smallest absolute Gasteiger partial charge is 0.361 e. The van der Waals surface area contributed by atoms with Gasteiger partial charge in [0, 0.05) is 34.5 Å². The summed E-state index contributed by atoms with van der Waals surface area (Å²) in [4.78, 5) is 13.8. The zero-order chi connectivity index (χ0) is 30.0. The zero-order valence-corrected chi connectivity index (χ0v) is 25.0. The van der Waals surface area contributed by atoms with Crippen LogP contribution in [0.1, 0.15) is 33.3 Å². The Hall–Kier alpha value is -4.79. The first kappa shape index (κ1) is 27.1. The van der Waals surface area contributed by atoms with Gasteiger partial charge in [-0.15, -0.1) is 0 Å². The van der Waals surface area contributed by atoms with Gasteiger partial charge in [0.05, 0.1) is 32.1 Å². The van der Waals surface area contributed by atoms with Crippen LogP contribution >= 0.6 is 0 Å². The Balaban J connectivity index is 1.60. The number of fused-ring (bicyclic) bond motifs is 8. The maximum absolute atomic E-state index is 13.8. The summed E-state index contributed by atoms with van der Waals surface area (Å²) < 4.78 is 43.1. The number of nitrogens with zero attached hydrogens (tertiary/aromatic N) is 1. The number of ether oxygens (including phenoxy) is 6. The highest BCUT2D eigenvalue weighted by Gasteiger charge is 2.31. The maximum atomic E-state index is 13.8. The van der Waals surface area contributed by atoms with Crippen molar-refractivity contribution in [2.75, 3.05) is 21.0 Å². The molecule has 7 rings (SSSR count). The molecule has 0 N–H and O–H groups in total. The van der Waals surface area contributed by atoms with Crippen LogP contribution in [0.4, 0.5) is 0 Å². The fraction of sp³-hybridized carbons (Fsp3) is 0.324. The van der Waals surface area contributed by atoms with Crippen LogP contribution in [0.2, 0.25) is 0 Å². The van der Waals surface area contributed by atoms with Gasteiger partial charge in [-0.05, 0) is 75.6 Å². The van der Waals surface area contributed by atoms with E-state index in [0.717, 1.165) is 38.7 Å². The minimum atomic E-state index is -0.424. The summed E-state index contributed by atoms with van der Waals surface area (Å²) in [6.45, 7) is 8.60. The maximum Gasteiger partial charge on any atom is 0.361 e. The van der Waals surface area contributed by atoms with Gasteiger partial charge in [0.25, 0.3) is 0 Å². The van der Waals surface area contributed by atoms with Crippen LogP contribution in [-0.2, 0) is 13.0 Å². The lowest BCUT2D eigenvalue weighted by molar-refractivity contribution is 0.174. The van der Waals surface area contributed by atoms with Gasteiger partial charge in [0.1, 0.15) is 11.1 Å². The molecule has 0 fully saturated rings. The number of aromatic nitrogens is 1. The summed E-state index contributed by atoms with van der Waals surface area (Å²) in [7, 11) is 3.24. The predicted octanol–water partition coefficient (Wildman–Crippen LogP) is 6.96. The highest BCUT2D eigenvalue weighted by atomic mass is 16.7. The molecule has 0 amide bonds. The Bertz CT molecular complexity index is 1970. The van der Waals surface area contributed by atoms with Crippen molar-refractivity contribution in [1.82, 2.24) is 4.57 Å². The SMILES string of the molecule is COc1cc2c(cc1OC(C)C)CCn1c-2c(-c2ccc3c(c2)OCO3)c2c3cc(OC)c(OC(C)C)cc3oc(=O)c21. The van der Waals surface area contributed by atoms with Gasteiger partial charge in [-0.2, -0.15) is 0 Å². The Morgan fingerprint density at radius 3 is 2.23 bits per heavy atom. The van der Waals surface area contributed by atoms with Crippen LogP contribution in [0.25, 0.3) is 44.3 Å². The summed E-state index contributed by atoms with van der Waals surface area (Å²) in [5.41, 5.74) is 5.20. The molecule has 9 nitrogen and oxygen atoms in total. The second-order valence-corrected chi connectivity index (χ2v) is 11.3. The minimum absolute atomic E-state index is 0.0123. The summed E-state index contributed by atoms with van der Waals surface area (Å²) in [6.07, 6.45) is 0.596. The Morgan fingerprint density at radius 2 is 1.51 bits per heavy atom. The molecule has 3 aromatic carbocycles. The molecule has 2 aliphatic rings. The molecule has 0 unspecified atom stereocenters. The normalized spacial score (nSPS) is 13.5. The molecule has 222 valence electrons. The first-order valence-corrected chi connectivity index (χ1v) is 14.4. The van der Waals surface area contributed by atoms with Gasteiger partial charge in [0.2, 0.25) is 6.79 Å². The number of rotatable bonds is 7. The summed E-state index contributed by atoms with van der Waals surface area (Å²) >= 11 is 0. The van der Waals surface area contributed by atoms with E-state index in [1.54, 1.807) is 20.3 Å². The number of hydrogen-bond donors (Lipinski definition) is 0. The third-order valence-corrected chi connectivity index (χ3v) is 7.83. The quantitative estimate of drug-likeness (QED) is 0.190. The third kappa shape index (κ3) is 4.33. The van der Waals surface area contributed by atoms with Gasteiger partial charge in [0.15, 0.2) is 34.5 Å². The second-order valence-electron chi connectivity index (χ2n) is 11.3. The van der Waals surface area contributed by atoms with E-state index in [9.17, 15) is 4.79 Å². The average molecular weight is 584 g/mol. The van der Waals surface area contributed by atoms with Gasteiger partial charge >= 0.3 is 5.63 Å². The Morgan fingerprint density at radius 1 is 0.814 bits per heavy atom. The Labute approximate surface area is 248 Å². The van der Waals surface area contributed by atoms with E-state index in [0.29, 0.717) is 58.6 Å². The first-order chi connectivity index (χ1) is 20.8. The molecule has 2 aliphatic heterocycles. The fourth-order valence-electron chi connectivity index (χ4n) is 6.17. The predicted molar refractivity (Wildman–Crippen MR) is 163 cm³/mol. The molecule has 9 heteroatoms. The van der Waals surface area contributed by atoms with Crippen LogP contribution in [0.5, 0.6) is 34.5 Å². The molecule has 0 spiro atoms. The molecule has 0 aliphatic carbocycles. The van der Waals surface area contributed by atoms with Crippen LogP contribution in [0.15, 0.2) is 51.7 Å². The van der Waals surface area contributed by atoms with E-state index in [-0.39, 0.29) is 19.0 Å². The zero-order valence-electron chi connectivity index (χ0n) is 25.0. The largest absolute Gasteiger partial charge is 0.493 e. The van der Waals surface area contributed by atoms with Crippen molar-refractivity contribution in [3.05, 3.63) is 58.4 Å². The van der Waals surface area contributed by atoms with E-state index in [1.807, 2.05) is 58.0 Å². The lowest BCUT2D eigenvalue weighted by Gasteiger charge is -2.24. The minimum Gasteiger partial charge on any atom is -0.493 e. The van der Waals surface area contributed by atoms with Crippen LogP contribution in [-0.4, -0.2) is 37.8 Å². The molecule has 4 heterocycles. The van der Waals surface area contributed by atoms with Crippen molar-refractivity contribution in [3.8, 4) is 56.9 Å². The van der Waals surface area contributed by atoms with Gasteiger partial charge in [-0.3, -0.25) is 0 Å². The van der Waals surface area contributed by atoms with Crippen molar-refractivity contribution in [2.45, 2.75) is 52.9 Å². The molecule has 0 saturated carbocycles. The van der Waals surface area contributed by atoms with Crippen LogP contribution in [0, 0.1) is 0 Å². The number of methoxy groups -OCH3 is 2. The van der Waals surface area contributed by atoms with Gasteiger partial charge < -0.3 is 37.4 Å². The summed E-state index contributed by atoms with van der Waals surface area (Å²) in [5, 5.41) is 1.51. The highest BCUT2D eigenvalue weighted by molar-refractivity contribution is 6.17. The summed E-state index contributed by atoms with van der Waals surface area (Å²) in [6, 6.07) is 13.6. The van der Waals surface area contributed by atoms with E-state index < -0.39 is 5.63 Å². The van der Waals surface area contributed by atoms with Gasteiger partial charge in [-0.25, -0.2) is 4.79 Å². The first-order valence-electron chi connectivity index (χ1n) is 14.4. The molecular weight excluding hydrogens is 550 g/mol. The molecule has 0 saturated heterocycles. The number of hydrogen-bond acceptors (Lipinski definition) is 8. The monoisotopic (exact) mass is 583 g/mol.